The summed E-state index contributed by atoms with van der Waals surface area (Å²) in [4.78, 5) is 14.6. The number of para-hydroxylation sites is 1. The number of ether oxygens (including phenoxy) is 1. The summed E-state index contributed by atoms with van der Waals surface area (Å²) in [7, 11) is 1.55. The van der Waals surface area contributed by atoms with E-state index in [1.165, 1.54) is 12.1 Å². The van der Waals surface area contributed by atoms with Crippen molar-refractivity contribution in [3.05, 3.63) is 65.5 Å². The summed E-state index contributed by atoms with van der Waals surface area (Å²) in [5.74, 6) is 0.112. The van der Waals surface area contributed by atoms with Crippen LogP contribution in [0.5, 0.6) is 5.75 Å². The number of amides is 1. The van der Waals surface area contributed by atoms with Gasteiger partial charge in [0.2, 0.25) is 0 Å². The fourth-order valence-electron chi connectivity index (χ4n) is 3.32. The minimum atomic E-state index is -0.466. The Balaban J connectivity index is 1.73. The van der Waals surface area contributed by atoms with Crippen LogP contribution in [-0.2, 0) is 6.42 Å². The van der Waals surface area contributed by atoms with Gasteiger partial charge in [-0.05, 0) is 42.7 Å². The molecule has 0 saturated carbocycles. The lowest BCUT2D eigenvalue weighted by Crippen LogP contribution is -2.46. The molecule has 1 aliphatic heterocycles. The maximum atomic E-state index is 13.1. The summed E-state index contributed by atoms with van der Waals surface area (Å²) < 4.78 is 18.3. The van der Waals surface area contributed by atoms with E-state index < -0.39 is 6.10 Å². The van der Waals surface area contributed by atoms with Crippen LogP contribution in [0.1, 0.15) is 22.3 Å². The number of piperidine rings is 1. The molecule has 0 unspecified atom stereocenters. The molecule has 0 aromatic heterocycles. The molecule has 1 aliphatic rings. The van der Waals surface area contributed by atoms with Gasteiger partial charge in [-0.1, -0.05) is 24.3 Å². The van der Waals surface area contributed by atoms with Crippen molar-refractivity contribution in [3.8, 4) is 5.75 Å². The van der Waals surface area contributed by atoms with E-state index in [1.807, 2.05) is 12.1 Å². The first-order valence-electron chi connectivity index (χ1n) is 8.43. The highest BCUT2D eigenvalue weighted by molar-refractivity contribution is 5.97. The highest BCUT2D eigenvalue weighted by Gasteiger charge is 2.31. The number of likely N-dealkylation sites (tertiary alicyclic amines) is 1. The van der Waals surface area contributed by atoms with Crippen molar-refractivity contribution in [1.29, 1.82) is 0 Å². The van der Waals surface area contributed by atoms with E-state index in [2.05, 4.69) is 0 Å². The molecule has 25 heavy (non-hydrogen) atoms. The van der Waals surface area contributed by atoms with E-state index >= 15 is 0 Å². The molecule has 2 aromatic rings. The zero-order chi connectivity index (χ0) is 17.8. The second kappa shape index (κ2) is 7.66. The van der Waals surface area contributed by atoms with Crippen molar-refractivity contribution in [2.24, 2.45) is 5.92 Å². The molecule has 1 saturated heterocycles. The van der Waals surface area contributed by atoms with Gasteiger partial charge in [0.25, 0.3) is 5.91 Å². The average molecular weight is 343 g/mol. The largest absolute Gasteiger partial charge is 0.496 e. The Morgan fingerprint density at radius 3 is 2.68 bits per heavy atom. The molecule has 2 atom stereocenters. The minimum absolute atomic E-state index is 0.0714. The third kappa shape index (κ3) is 3.99. The number of nitrogens with zero attached hydrogens (tertiary/aromatic N) is 1. The zero-order valence-electron chi connectivity index (χ0n) is 14.2. The number of hydrogen-bond acceptors (Lipinski definition) is 3. The van der Waals surface area contributed by atoms with Crippen molar-refractivity contribution in [2.75, 3.05) is 20.2 Å². The van der Waals surface area contributed by atoms with Gasteiger partial charge in [-0.2, -0.15) is 0 Å². The average Bonchev–Trinajstić information content (AvgIpc) is 2.64. The summed E-state index contributed by atoms with van der Waals surface area (Å²) >= 11 is 0. The number of aliphatic hydroxyl groups excluding tert-OH is 1. The number of halogens is 1. The standard InChI is InChI=1S/C20H22FNO3/c1-25-19-5-3-2-4-17(19)20(24)22-11-10-18(23)15(13-22)12-14-6-8-16(21)9-7-14/h2-9,15,18,23H,10-13H2,1H3/t15-,18-/m1/s1. The number of hydrogen-bond donors (Lipinski definition) is 1. The van der Waals surface area contributed by atoms with Gasteiger partial charge >= 0.3 is 0 Å². The van der Waals surface area contributed by atoms with Crippen LogP contribution in [0.15, 0.2) is 48.5 Å². The monoisotopic (exact) mass is 343 g/mol. The topological polar surface area (TPSA) is 49.8 Å². The lowest BCUT2D eigenvalue weighted by atomic mass is 9.88. The Kier molecular flexibility index (Phi) is 5.34. The van der Waals surface area contributed by atoms with Crippen LogP contribution in [0.3, 0.4) is 0 Å². The van der Waals surface area contributed by atoms with Gasteiger partial charge in [0.05, 0.1) is 18.8 Å². The Labute approximate surface area is 146 Å². The van der Waals surface area contributed by atoms with E-state index in [0.29, 0.717) is 37.2 Å². The first kappa shape index (κ1) is 17.4. The highest BCUT2D eigenvalue weighted by Crippen LogP contribution is 2.25. The van der Waals surface area contributed by atoms with Crippen LogP contribution in [-0.4, -0.2) is 42.2 Å². The molecule has 132 valence electrons. The van der Waals surface area contributed by atoms with Crippen molar-refractivity contribution < 1.29 is 19.0 Å². The van der Waals surface area contributed by atoms with Gasteiger partial charge in [-0.15, -0.1) is 0 Å². The predicted molar refractivity (Wildman–Crippen MR) is 93.1 cm³/mol. The minimum Gasteiger partial charge on any atom is -0.496 e. The summed E-state index contributed by atoms with van der Waals surface area (Å²) in [6, 6.07) is 13.4. The van der Waals surface area contributed by atoms with Crippen LogP contribution in [0.4, 0.5) is 4.39 Å². The summed E-state index contributed by atoms with van der Waals surface area (Å²) in [5.41, 5.74) is 1.49. The SMILES string of the molecule is COc1ccccc1C(=O)N1CC[C@@H](O)[C@H](Cc2ccc(F)cc2)C1. The number of rotatable bonds is 4. The quantitative estimate of drug-likeness (QED) is 0.929. The number of aliphatic hydroxyl groups is 1. The number of methoxy groups -OCH3 is 1. The Morgan fingerprint density at radius 2 is 1.96 bits per heavy atom. The maximum absolute atomic E-state index is 13.1. The van der Waals surface area contributed by atoms with Crippen molar-refractivity contribution >= 4 is 5.91 Å². The number of carbonyl (C=O) groups is 1. The molecule has 0 aliphatic carbocycles. The van der Waals surface area contributed by atoms with Crippen LogP contribution in [0.2, 0.25) is 0 Å². The summed E-state index contributed by atoms with van der Waals surface area (Å²) in [6.07, 6.45) is 0.677. The van der Waals surface area contributed by atoms with E-state index in [-0.39, 0.29) is 17.6 Å². The fraction of sp³-hybridized carbons (Fsp3) is 0.350. The molecule has 5 heteroatoms. The summed E-state index contributed by atoms with van der Waals surface area (Å²) in [5, 5.41) is 10.3. The molecule has 0 bridgehead atoms. The summed E-state index contributed by atoms with van der Waals surface area (Å²) in [6.45, 7) is 0.980. The van der Waals surface area contributed by atoms with Crippen LogP contribution in [0, 0.1) is 11.7 Å². The van der Waals surface area contributed by atoms with Crippen LogP contribution in [0.25, 0.3) is 0 Å². The first-order valence-corrected chi connectivity index (χ1v) is 8.43. The van der Waals surface area contributed by atoms with Gasteiger partial charge in [-0.25, -0.2) is 4.39 Å². The molecule has 1 amide bonds. The van der Waals surface area contributed by atoms with Gasteiger partial charge in [0, 0.05) is 19.0 Å². The molecular formula is C20H22FNO3. The molecule has 1 heterocycles. The van der Waals surface area contributed by atoms with Gasteiger partial charge in [0.15, 0.2) is 0 Å². The zero-order valence-corrected chi connectivity index (χ0v) is 14.2. The predicted octanol–water partition coefficient (Wildman–Crippen LogP) is 2.90. The second-order valence-corrected chi connectivity index (χ2v) is 6.40. The number of benzene rings is 2. The van der Waals surface area contributed by atoms with E-state index in [4.69, 9.17) is 4.74 Å². The lowest BCUT2D eigenvalue weighted by molar-refractivity contribution is 0.0240. The van der Waals surface area contributed by atoms with E-state index in [0.717, 1.165) is 5.56 Å². The Bertz CT molecular complexity index is 732. The van der Waals surface area contributed by atoms with Gasteiger partial charge < -0.3 is 14.7 Å². The molecule has 0 radical (unpaired) electrons. The molecule has 0 spiro atoms. The Hall–Kier alpha value is -2.40. The van der Waals surface area contributed by atoms with Crippen molar-refractivity contribution in [3.63, 3.8) is 0 Å². The normalized spacial score (nSPS) is 20.4. The molecule has 1 N–H and O–H groups in total. The van der Waals surface area contributed by atoms with Crippen molar-refractivity contribution in [1.82, 2.24) is 4.90 Å². The molecule has 4 nitrogen and oxygen atoms in total. The molecular weight excluding hydrogens is 321 g/mol. The van der Waals surface area contributed by atoms with E-state index in [9.17, 15) is 14.3 Å². The van der Waals surface area contributed by atoms with Crippen LogP contribution < -0.4 is 4.74 Å². The highest BCUT2D eigenvalue weighted by atomic mass is 19.1. The van der Waals surface area contributed by atoms with Crippen LogP contribution >= 0.6 is 0 Å². The fourth-order valence-corrected chi connectivity index (χ4v) is 3.32. The van der Waals surface area contributed by atoms with Crippen molar-refractivity contribution in [2.45, 2.75) is 18.9 Å². The molecule has 3 rings (SSSR count). The van der Waals surface area contributed by atoms with E-state index in [1.54, 1.807) is 36.3 Å². The third-order valence-corrected chi connectivity index (χ3v) is 4.73. The molecule has 1 fully saturated rings. The Morgan fingerprint density at radius 1 is 1.24 bits per heavy atom. The maximum Gasteiger partial charge on any atom is 0.257 e. The lowest BCUT2D eigenvalue weighted by Gasteiger charge is -2.36. The second-order valence-electron chi connectivity index (χ2n) is 6.40. The molecule has 2 aromatic carbocycles. The van der Waals surface area contributed by atoms with Gasteiger partial charge in [-0.3, -0.25) is 4.79 Å². The van der Waals surface area contributed by atoms with Gasteiger partial charge in [0.1, 0.15) is 11.6 Å². The first-order chi connectivity index (χ1) is 12.1. The third-order valence-electron chi connectivity index (χ3n) is 4.73. The number of carbonyl (C=O) groups excluding carboxylic acids is 1. The smallest absolute Gasteiger partial charge is 0.257 e.